The average Bonchev–Trinajstić information content (AvgIpc) is 3.46. The lowest BCUT2D eigenvalue weighted by Crippen LogP contribution is -2.36. The monoisotopic (exact) mass is 579 g/mol. The number of carbonyl (C=O) groups is 2. The molecule has 2 heterocycles. The maximum atomic E-state index is 14.6. The molecule has 214 valence electrons. The normalized spacial score (nSPS) is 17.7. The van der Waals surface area contributed by atoms with Crippen molar-refractivity contribution in [1.29, 1.82) is 0 Å². The number of ether oxygens (including phenoxy) is 2. The molecule has 1 atom stereocenters. The van der Waals surface area contributed by atoms with Crippen LogP contribution in [0.25, 0.3) is 0 Å². The fourth-order valence-corrected chi connectivity index (χ4v) is 6.59. The number of carbonyl (C=O) groups excluding carboxylic acids is 2. The van der Waals surface area contributed by atoms with Crippen LogP contribution in [0.5, 0.6) is 5.75 Å². The minimum Gasteiger partial charge on any atom is -0.497 e. The van der Waals surface area contributed by atoms with Crippen molar-refractivity contribution in [3.8, 4) is 5.75 Å². The molecule has 0 bridgehead atoms. The van der Waals surface area contributed by atoms with Crippen molar-refractivity contribution in [2.75, 3.05) is 26.8 Å². The van der Waals surface area contributed by atoms with E-state index in [1.807, 2.05) is 42.5 Å². The van der Waals surface area contributed by atoms with Crippen molar-refractivity contribution in [2.45, 2.75) is 36.6 Å². The van der Waals surface area contributed by atoms with Crippen molar-refractivity contribution in [1.82, 2.24) is 9.31 Å². The summed E-state index contributed by atoms with van der Waals surface area (Å²) in [6, 6.07) is 19.3. The third-order valence-electron chi connectivity index (χ3n) is 7.20. The van der Waals surface area contributed by atoms with E-state index in [0.29, 0.717) is 43.8 Å². The summed E-state index contributed by atoms with van der Waals surface area (Å²) in [6.45, 7) is -0.0497. The van der Waals surface area contributed by atoms with Gasteiger partial charge in [0.1, 0.15) is 16.5 Å². The number of hydrazone groups is 1. The molecule has 9 nitrogen and oxygen atoms in total. The van der Waals surface area contributed by atoms with Gasteiger partial charge in [0.15, 0.2) is 6.61 Å². The number of rotatable bonds is 8. The lowest BCUT2D eigenvalue weighted by atomic mass is 9.98. The van der Waals surface area contributed by atoms with Crippen molar-refractivity contribution < 1.29 is 31.9 Å². The highest BCUT2D eigenvalue weighted by atomic mass is 32.2. The van der Waals surface area contributed by atoms with Crippen LogP contribution in [0.2, 0.25) is 0 Å². The quantitative estimate of drug-likeness (QED) is 0.363. The van der Waals surface area contributed by atoms with Gasteiger partial charge in [0.2, 0.25) is 10.0 Å². The van der Waals surface area contributed by atoms with Crippen molar-refractivity contribution in [3.63, 3.8) is 0 Å². The summed E-state index contributed by atoms with van der Waals surface area (Å²) in [6.07, 6.45) is 2.73. The summed E-state index contributed by atoms with van der Waals surface area (Å²) in [5, 5.41) is 5.86. The smallest absolute Gasteiger partial charge is 0.338 e. The summed E-state index contributed by atoms with van der Waals surface area (Å²) >= 11 is 0. The summed E-state index contributed by atoms with van der Waals surface area (Å²) in [4.78, 5) is 25.6. The van der Waals surface area contributed by atoms with Crippen LogP contribution in [0.1, 0.15) is 53.2 Å². The molecule has 11 heteroatoms. The van der Waals surface area contributed by atoms with Crippen LogP contribution < -0.4 is 4.74 Å². The molecule has 1 saturated heterocycles. The van der Waals surface area contributed by atoms with Gasteiger partial charge in [0.25, 0.3) is 5.91 Å². The highest BCUT2D eigenvalue weighted by molar-refractivity contribution is 7.89. The van der Waals surface area contributed by atoms with E-state index in [-0.39, 0.29) is 5.56 Å². The maximum absolute atomic E-state index is 14.6. The Morgan fingerprint density at radius 3 is 2.37 bits per heavy atom. The van der Waals surface area contributed by atoms with Gasteiger partial charge in [-0.3, -0.25) is 4.79 Å². The molecule has 0 spiro atoms. The zero-order chi connectivity index (χ0) is 29.0. The molecular weight excluding hydrogens is 549 g/mol. The zero-order valence-electron chi connectivity index (χ0n) is 22.5. The molecule has 0 aliphatic carbocycles. The highest BCUT2D eigenvalue weighted by Crippen LogP contribution is 2.34. The molecule has 41 heavy (non-hydrogen) atoms. The Morgan fingerprint density at radius 1 is 0.976 bits per heavy atom. The van der Waals surface area contributed by atoms with E-state index in [0.717, 1.165) is 35.7 Å². The van der Waals surface area contributed by atoms with Crippen LogP contribution in [0.15, 0.2) is 82.8 Å². The Morgan fingerprint density at radius 2 is 1.68 bits per heavy atom. The van der Waals surface area contributed by atoms with Crippen LogP contribution >= 0.6 is 0 Å². The van der Waals surface area contributed by atoms with Gasteiger partial charge in [-0.25, -0.2) is 22.6 Å². The number of methoxy groups -OCH3 is 1. The molecular formula is C30H30FN3O6S. The van der Waals surface area contributed by atoms with Crippen molar-refractivity contribution >= 4 is 27.6 Å². The highest BCUT2D eigenvalue weighted by Gasteiger charge is 2.34. The molecule has 0 saturated carbocycles. The fourth-order valence-electron chi connectivity index (χ4n) is 4.98. The first-order chi connectivity index (χ1) is 19.8. The minimum atomic E-state index is -4.12. The first kappa shape index (κ1) is 28.4. The van der Waals surface area contributed by atoms with Gasteiger partial charge in [-0.05, 0) is 54.3 Å². The first-order valence-corrected chi connectivity index (χ1v) is 14.8. The third-order valence-corrected chi connectivity index (χ3v) is 9.11. The number of esters is 1. The van der Waals surface area contributed by atoms with E-state index in [1.165, 1.54) is 9.31 Å². The number of hydrogen-bond donors (Lipinski definition) is 0. The van der Waals surface area contributed by atoms with E-state index in [4.69, 9.17) is 9.47 Å². The van der Waals surface area contributed by atoms with Gasteiger partial charge < -0.3 is 9.47 Å². The number of benzene rings is 3. The lowest BCUT2D eigenvalue weighted by molar-refractivity contribution is -0.136. The van der Waals surface area contributed by atoms with E-state index >= 15 is 0 Å². The van der Waals surface area contributed by atoms with E-state index in [9.17, 15) is 22.4 Å². The Kier molecular flexibility index (Phi) is 8.46. The third kappa shape index (κ3) is 6.15. The van der Waals surface area contributed by atoms with Crippen LogP contribution in [0.3, 0.4) is 0 Å². The predicted octanol–water partition coefficient (Wildman–Crippen LogP) is 4.54. The summed E-state index contributed by atoms with van der Waals surface area (Å²) in [5.41, 5.74) is 2.23. The van der Waals surface area contributed by atoms with Crippen LogP contribution in [-0.4, -0.2) is 62.1 Å². The second kappa shape index (κ2) is 12.2. The Bertz CT molecular complexity index is 1550. The summed E-state index contributed by atoms with van der Waals surface area (Å²) in [7, 11) is -2.55. The molecule has 0 radical (unpaired) electrons. The van der Waals surface area contributed by atoms with E-state index < -0.39 is 45.3 Å². The average molecular weight is 580 g/mol. The number of nitrogens with zero attached hydrogens (tertiary/aromatic N) is 3. The predicted molar refractivity (Wildman–Crippen MR) is 149 cm³/mol. The molecule has 0 aromatic heterocycles. The number of hydrogen-bond acceptors (Lipinski definition) is 7. The number of sulfonamides is 1. The molecule has 2 aliphatic heterocycles. The zero-order valence-corrected chi connectivity index (χ0v) is 23.3. The van der Waals surface area contributed by atoms with Gasteiger partial charge in [-0.1, -0.05) is 48.9 Å². The second-order valence-electron chi connectivity index (χ2n) is 9.83. The fraction of sp³-hybridized carbons (Fsp3) is 0.300. The largest absolute Gasteiger partial charge is 0.497 e. The number of amides is 1. The minimum absolute atomic E-state index is 0.170. The summed E-state index contributed by atoms with van der Waals surface area (Å²) in [5.74, 6) is -1.79. The molecule has 1 fully saturated rings. The topological polar surface area (TPSA) is 106 Å². The van der Waals surface area contributed by atoms with Gasteiger partial charge in [0, 0.05) is 19.5 Å². The Hall–Kier alpha value is -4.09. The standard InChI is InChI=1S/C30H30FN3O6S/c1-39-24-13-10-22(11-14-24)27-19-26(21-8-4-2-5-9-21)32-34(27)29(35)20-40-30(36)23-12-15-25(31)28(18-23)41(37,38)33-16-6-3-7-17-33/h2,4-5,8-15,18,27H,3,6-7,16-17,19-20H2,1H3. The van der Waals surface area contributed by atoms with Gasteiger partial charge in [0.05, 0.1) is 24.4 Å². The molecule has 1 amide bonds. The van der Waals surface area contributed by atoms with Crippen LogP contribution in [0.4, 0.5) is 4.39 Å². The van der Waals surface area contributed by atoms with E-state index in [2.05, 4.69) is 5.10 Å². The SMILES string of the molecule is COc1ccc(C2CC(c3ccccc3)=NN2C(=O)COC(=O)c2ccc(F)c(S(=O)(=O)N3CCCCC3)c2)cc1. The van der Waals surface area contributed by atoms with Gasteiger partial charge >= 0.3 is 5.97 Å². The van der Waals surface area contributed by atoms with Crippen LogP contribution in [-0.2, 0) is 19.6 Å². The maximum Gasteiger partial charge on any atom is 0.338 e. The van der Waals surface area contributed by atoms with E-state index in [1.54, 1.807) is 19.2 Å². The number of piperidine rings is 1. The Balaban J connectivity index is 1.33. The first-order valence-electron chi connectivity index (χ1n) is 13.3. The van der Waals surface area contributed by atoms with Crippen molar-refractivity contribution in [3.05, 3.63) is 95.3 Å². The van der Waals surface area contributed by atoms with Crippen LogP contribution in [0, 0.1) is 5.82 Å². The molecule has 1 unspecified atom stereocenters. The molecule has 3 aromatic rings. The van der Waals surface area contributed by atoms with Gasteiger partial charge in [-0.15, -0.1) is 0 Å². The lowest BCUT2D eigenvalue weighted by Gasteiger charge is -2.26. The molecule has 3 aromatic carbocycles. The number of halogens is 1. The molecule has 5 rings (SSSR count). The molecule has 2 aliphatic rings. The summed E-state index contributed by atoms with van der Waals surface area (Å²) < 4.78 is 52.4. The van der Waals surface area contributed by atoms with Crippen molar-refractivity contribution in [2.24, 2.45) is 5.10 Å². The second-order valence-corrected chi connectivity index (χ2v) is 11.7. The van der Waals surface area contributed by atoms with Gasteiger partial charge in [-0.2, -0.15) is 9.41 Å². The Labute approximate surface area is 238 Å². The molecule has 0 N–H and O–H groups in total.